The number of carboxylic acid groups (broad SMARTS) is 1. The first-order chi connectivity index (χ1) is 19.7. The number of carbonyl (C=O) groups excluding carboxylic acids is 1. The van der Waals surface area contributed by atoms with Gasteiger partial charge < -0.3 is 9.84 Å². The molecule has 0 rings (SSSR count). The van der Waals surface area contributed by atoms with Crippen LogP contribution in [0.5, 0.6) is 0 Å². The molecule has 0 aromatic rings. The minimum atomic E-state index is -0.677. The van der Waals surface area contributed by atoms with E-state index in [1.807, 2.05) is 0 Å². The molecule has 40 heavy (non-hydrogen) atoms. The van der Waals surface area contributed by atoms with E-state index in [1.54, 1.807) is 0 Å². The van der Waals surface area contributed by atoms with Gasteiger partial charge in [-0.25, -0.2) is 0 Å². The van der Waals surface area contributed by atoms with E-state index in [-0.39, 0.29) is 5.97 Å². The molecule has 1 N–H and O–H groups in total. The first-order valence-electron chi connectivity index (χ1n) is 17.7. The Kier molecular flexibility index (Phi) is 32.8. The van der Waals surface area contributed by atoms with Crippen molar-refractivity contribution in [3.05, 3.63) is 12.2 Å². The van der Waals surface area contributed by atoms with Crippen molar-refractivity contribution < 1.29 is 19.4 Å². The number of carbonyl (C=O) groups is 2. The number of rotatable bonds is 33. The summed E-state index contributed by atoms with van der Waals surface area (Å²) in [5, 5.41) is 8.62. The zero-order valence-corrected chi connectivity index (χ0v) is 26.7. The number of hydrogen-bond acceptors (Lipinski definition) is 3. The number of esters is 1. The van der Waals surface area contributed by atoms with E-state index >= 15 is 0 Å². The lowest BCUT2D eigenvalue weighted by Crippen LogP contribution is -2.05. The predicted octanol–water partition coefficient (Wildman–Crippen LogP) is 11.9. The average Bonchev–Trinajstić information content (AvgIpc) is 2.94. The standard InChI is InChI=1S/C36H68O4/c1-2-3-4-5-6-7-8-9-11-15-18-21-24-27-30-33-36(39)40-34-31-28-25-22-19-16-13-10-12-14-17-20-23-26-29-32-35(37)38/h10,12H,2-9,11,13-34H2,1H3,(H,37,38)/b12-10-. The molecule has 0 aromatic heterocycles. The van der Waals surface area contributed by atoms with Crippen molar-refractivity contribution in [2.24, 2.45) is 0 Å². The summed E-state index contributed by atoms with van der Waals surface area (Å²) in [5.74, 6) is -0.677. The van der Waals surface area contributed by atoms with Crippen LogP contribution in [0.25, 0.3) is 0 Å². The van der Waals surface area contributed by atoms with E-state index in [1.165, 1.54) is 128 Å². The molecule has 0 spiro atoms. The van der Waals surface area contributed by atoms with E-state index < -0.39 is 5.97 Å². The van der Waals surface area contributed by atoms with Crippen LogP contribution < -0.4 is 0 Å². The third kappa shape index (κ3) is 34.7. The number of allylic oxidation sites excluding steroid dienone is 2. The SMILES string of the molecule is CCCCCCCCCCCCCCCCCC(=O)OCCCCCCCC/C=C\CCCCCCCC(=O)O. The Labute approximate surface area is 249 Å². The van der Waals surface area contributed by atoms with Crippen LogP contribution in [0.15, 0.2) is 12.2 Å². The van der Waals surface area contributed by atoms with E-state index in [4.69, 9.17) is 9.84 Å². The van der Waals surface area contributed by atoms with Crippen LogP contribution in [0.2, 0.25) is 0 Å². The second kappa shape index (κ2) is 33.9. The molecule has 236 valence electrons. The maximum absolute atomic E-state index is 11.9. The number of aliphatic carboxylic acids is 1. The van der Waals surface area contributed by atoms with Gasteiger partial charge in [-0.05, 0) is 44.9 Å². The van der Waals surface area contributed by atoms with Gasteiger partial charge in [0.15, 0.2) is 0 Å². The normalized spacial score (nSPS) is 11.4. The van der Waals surface area contributed by atoms with Gasteiger partial charge in [0.25, 0.3) is 0 Å². The summed E-state index contributed by atoms with van der Waals surface area (Å²) >= 11 is 0. The maximum atomic E-state index is 11.9. The van der Waals surface area contributed by atoms with Gasteiger partial charge in [-0.3, -0.25) is 9.59 Å². The number of carboxylic acids is 1. The molecule has 0 unspecified atom stereocenters. The van der Waals surface area contributed by atoms with Crippen LogP contribution in [-0.4, -0.2) is 23.7 Å². The summed E-state index contributed by atoms with van der Waals surface area (Å²) in [6.45, 7) is 2.88. The molecule has 0 aliphatic carbocycles. The highest BCUT2D eigenvalue weighted by Crippen LogP contribution is 2.14. The first kappa shape index (κ1) is 38.7. The van der Waals surface area contributed by atoms with Gasteiger partial charge in [-0.2, -0.15) is 0 Å². The maximum Gasteiger partial charge on any atom is 0.305 e. The Balaban J connectivity index is 3.20. The molecule has 4 nitrogen and oxygen atoms in total. The zero-order chi connectivity index (χ0) is 29.2. The summed E-state index contributed by atoms with van der Waals surface area (Å²) in [5.41, 5.74) is 0. The second-order valence-electron chi connectivity index (χ2n) is 12.0. The second-order valence-corrected chi connectivity index (χ2v) is 12.0. The average molecular weight is 565 g/mol. The largest absolute Gasteiger partial charge is 0.481 e. The van der Waals surface area contributed by atoms with Crippen molar-refractivity contribution in [3.8, 4) is 0 Å². The van der Waals surface area contributed by atoms with Gasteiger partial charge in [-0.1, -0.05) is 154 Å². The molecule has 0 aromatic carbocycles. The molecule has 4 heteroatoms. The van der Waals surface area contributed by atoms with Gasteiger partial charge in [0.2, 0.25) is 0 Å². The highest BCUT2D eigenvalue weighted by Gasteiger charge is 2.03. The summed E-state index contributed by atoms with van der Waals surface area (Å²) in [7, 11) is 0. The van der Waals surface area contributed by atoms with E-state index in [9.17, 15) is 9.59 Å². The smallest absolute Gasteiger partial charge is 0.305 e. The van der Waals surface area contributed by atoms with Crippen LogP contribution in [0.3, 0.4) is 0 Å². The summed E-state index contributed by atoms with van der Waals surface area (Å²) in [6.07, 6.45) is 40.7. The third-order valence-corrected chi connectivity index (χ3v) is 7.94. The molecule has 0 bridgehead atoms. The third-order valence-electron chi connectivity index (χ3n) is 7.94. The molecule has 0 atom stereocenters. The fourth-order valence-corrected chi connectivity index (χ4v) is 5.27. The summed E-state index contributed by atoms with van der Waals surface area (Å²) in [4.78, 5) is 22.4. The Hall–Kier alpha value is -1.32. The molecular weight excluding hydrogens is 496 g/mol. The highest BCUT2D eigenvalue weighted by molar-refractivity contribution is 5.69. The van der Waals surface area contributed by atoms with E-state index in [0.717, 1.165) is 51.4 Å². The molecule has 0 saturated heterocycles. The van der Waals surface area contributed by atoms with E-state index in [2.05, 4.69) is 19.1 Å². The molecule has 0 amide bonds. The van der Waals surface area contributed by atoms with Crippen LogP contribution in [-0.2, 0) is 14.3 Å². The van der Waals surface area contributed by atoms with Gasteiger partial charge in [0.1, 0.15) is 0 Å². The lowest BCUT2D eigenvalue weighted by molar-refractivity contribution is -0.144. The topological polar surface area (TPSA) is 63.6 Å². The van der Waals surface area contributed by atoms with Crippen molar-refractivity contribution in [1.29, 1.82) is 0 Å². The lowest BCUT2D eigenvalue weighted by Gasteiger charge is -2.05. The quantitative estimate of drug-likeness (QED) is 0.0489. The fraction of sp³-hybridized carbons (Fsp3) is 0.889. The van der Waals surface area contributed by atoms with Gasteiger partial charge >= 0.3 is 11.9 Å². The number of unbranched alkanes of at least 4 members (excludes halogenated alkanes) is 25. The summed E-state index contributed by atoms with van der Waals surface area (Å²) in [6, 6.07) is 0. The molecule has 0 radical (unpaired) electrons. The van der Waals surface area contributed by atoms with Crippen LogP contribution >= 0.6 is 0 Å². The minimum absolute atomic E-state index is 0.000308. The fourth-order valence-electron chi connectivity index (χ4n) is 5.27. The van der Waals surface area contributed by atoms with Crippen LogP contribution in [0, 0.1) is 0 Å². The van der Waals surface area contributed by atoms with Crippen LogP contribution in [0.4, 0.5) is 0 Å². The van der Waals surface area contributed by atoms with Crippen molar-refractivity contribution in [3.63, 3.8) is 0 Å². The molecule has 0 aliphatic rings. The minimum Gasteiger partial charge on any atom is -0.481 e. The van der Waals surface area contributed by atoms with Gasteiger partial charge in [0.05, 0.1) is 6.61 Å². The van der Waals surface area contributed by atoms with Gasteiger partial charge in [-0.15, -0.1) is 0 Å². The lowest BCUT2D eigenvalue weighted by atomic mass is 10.0. The highest BCUT2D eigenvalue weighted by atomic mass is 16.5. The number of hydrogen-bond donors (Lipinski definition) is 1. The Morgan fingerprint density at radius 1 is 0.475 bits per heavy atom. The molecule has 0 saturated carbocycles. The molecule has 0 fully saturated rings. The molecule has 0 aliphatic heterocycles. The molecule has 0 heterocycles. The molecular formula is C36H68O4. The van der Waals surface area contributed by atoms with Crippen molar-refractivity contribution in [1.82, 2.24) is 0 Å². The predicted molar refractivity (Wildman–Crippen MR) is 172 cm³/mol. The Morgan fingerprint density at radius 3 is 1.25 bits per heavy atom. The van der Waals surface area contributed by atoms with Crippen LogP contribution in [0.1, 0.15) is 200 Å². The number of ether oxygens (including phenoxy) is 1. The van der Waals surface area contributed by atoms with E-state index in [0.29, 0.717) is 19.4 Å². The monoisotopic (exact) mass is 565 g/mol. The van der Waals surface area contributed by atoms with Crippen molar-refractivity contribution in [2.45, 2.75) is 200 Å². The first-order valence-corrected chi connectivity index (χ1v) is 17.7. The summed E-state index contributed by atoms with van der Waals surface area (Å²) < 4.78 is 5.42. The van der Waals surface area contributed by atoms with Crippen molar-refractivity contribution >= 4 is 11.9 Å². The zero-order valence-electron chi connectivity index (χ0n) is 26.7. The van der Waals surface area contributed by atoms with Gasteiger partial charge in [0, 0.05) is 12.8 Å². The Morgan fingerprint density at radius 2 is 0.825 bits per heavy atom. The Bertz CT molecular complexity index is 557. The van der Waals surface area contributed by atoms with Crippen molar-refractivity contribution in [2.75, 3.05) is 6.61 Å².